The van der Waals surface area contributed by atoms with Crippen LogP contribution in [0.4, 0.5) is 0 Å². The highest BCUT2D eigenvalue weighted by atomic mass is 35.5. The van der Waals surface area contributed by atoms with Crippen LogP contribution in [0.2, 0.25) is 5.02 Å². The molecule has 0 radical (unpaired) electrons. The second-order valence-corrected chi connectivity index (χ2v) is 4.76. The Hall–Kier alpha value is -1.85. The molecular formula is C13H15ClN4O. The molecule has 0 atom stereocenters. The zero-order valence-corrected chi connectivity index (χ0v) is 11.6. The zero-order valence-electron chi connectivity index (χ0n) is 10.8. The van der Waals surface area contributed by atoms with Crippen molar-refractivity contribution >= 4 is 17.5 Å². The van der Waals surface area contributed by atoms with Crippen LogP contribution in [-0.4, -0.2) is 34.7 Å². The van der Waals surface area contributed by atoms with Crippen LogP contribution < -0.4 is 5.73 Å². The van der Waals surface area contributed by atoms with Crippen molar-refractivity contribution in [3.63, 3.8) is 0 Å². The van der Waals surface area contributed by atoms with E-state index in [2.05, 4.69) is 5.10 Å². The first-order valence-electron chi connectivity index (χ1n) is 5.79. The van der Waals surface area contributed by atoms with Crippen LogP contribution in [-0.2, 0) is 6.54 Å². The highest BCUT2D eigenvalue weighted by Gasteiger charge is 2.13. The van der Waals surface area contributed by atoms with Gasteiger partial charge in [-0.25, -0.2) is 4.68 Å². The Morgan fingerprint density at radius 2 is 2.16 bits per heavy atom. The van der Waals surface area contributed by atoms with Crippen LogP contribution in [0.3, 0.4) is 0 Å². The van der Waals surface area contributed by atoms with E-state index in [0.717, 1.165) is 11.3 Å². The summed E-state index contributed by atoms with van der Waals surface area (Å²) in [6.45, 7) is 0.354. The third-order valence-electron chi connectivity index (χ3n) is 2.72. The lowest BCUT2D eigenvalue weighted by Gasteiger charge is -2.09. The zero-order chi connectivity index (χ0) is 14.0. The summed E-state index contributed by atoms with van der Waals surface area (Å²) in [6.07, 6.45) is 1.74. The van der Waals surface area contributed by atoms with Gasteiger partial charge in [-0.3, -0.25) is 4.79 Å². The molecule has 0 aliphatic heterocycles. The van der Waals surface area contributed by atoms with Gasteiger partial charge >= 0.3 is 0 Å². The maximum absolute atomic E-state index is 11.8. The largest absolute Gasteiger partial charge is 0.343 e. The summed E-state index contributed by atoms with van der Waals surface area (Å²) in [4.78, 5) is 13.3. The molecule has 1 aromatic heterocycles. The number of nitrogens with zero attached hydrogens (tertiary/aromatic N) is 3. The fourth-order valence-electron chi connectivity index (χ4n) is 1.74. The van der Waals surface area contributed by atoms with E-state index < -0.39 is 0 Å². The number of benzene rings is 1. The second kappa shape index (κ2) is 5.42. The maximum atomic E-state index is 11.8. The molecule has 0 fully saturated rings. The highest BCUT2D eigenvalue weighted by molar-refractivity contribution is 6.30. The van der Waals surface area contributed by atoms with Gasteiger partial charge in [0.25, 0.3) is 5.91 Å². The van der Waals surface area contributed by atoms with Crippen molar-refractivity contribution in [1.29, 1.82) is 0 Å². The topological polar surface area (TPSA) is 64.2 Å². The number of aromatic nitrogens is 2. The van der Waals surface area contributed by atoms with Gasteiger partial charge in [0.1, 0.15) is 0 Å². The first-order valence-corrected chi connectivity index (χ1v) is 6.17. The normalized spacial score (nSPS) is 10.5. The van der Waals surface area contributed by atoms with Crippen LogP contribution in [0, 0.1) is 0 Å². The fourth-order valence-corrected chi connectivity index (χ4v) is 1.94. The number of carbonyl (C=O) groups is 1. The third kappa shape index (κ3) is 2.77. The van der Waals surface area contributed by atoms with Crippen LogP contribution in [0.25, 0.3) is 5.69 Å². The lowest BCUT2D eigenvalue weighted by molar-refractivity contribution is 0.0821. The monoisotopic (exact) mass is 278 g/mol. The quantitative estimate of drug-likeness (QED) is 0.929. The van der Waals surface area contributed by atoms with Gasteiger partial charge in [-0.05, 0) is 29.8 Å². The van der Waals surface area contributed by atoms with E-state index in [1.807, 2.05) is 6.07 Å². The summed E-state index contributed by atoms with van der Waals surface area (Å²) in [5.41, 5.74) is 7.79. The molecule has 1 heterocycles. The molecule has 0 saturated heterocycles. The van der Waals surface area contributed by atoms with E-state index in [1.54, 1.807) is 43.2 Å². The molecule has 0 saturated carbocycles. The Kier molecular flexibility index (Phi) is 3.87. The molecular weight excluding hydrogens is 264 g/mol. The van der Waals surface area contributed by atoms with E-state index in [9.17, 15) is 4.79 Å². The lowest BCUT2D eigenvalue weighted by atomic mass is 10.2. The number of carbonyl (C=O) groups excluding carboxylic acids is 1. The average Bonchev–Trinajstić information content (AvgIpc) is 2.86. The molecule has 0 bridgehead atoms. The molecule has 5 nitrogen and oxygen atoms in total. The van der Waals surface area contributed by atoms with E-state index in [-0.39, 0.29) is 5.91 Å². The molecule has 19 heavy (non-hydrogen) atoms. The average molecular weight is 279 g/mol. The number of nitrogens with two attached hydrogens (primary N) is 1. The number of hydrogen-bond donors (Lipinski definition) is 1. The summed E-state index contributed by atoms with van der Waals surface area (Å²) in [6, 6.07) is 7.08. The Balaban J connectivity index is 2.41. The number of amides is 1. The van der Waals surface area contributed by atoms with Gasteiger partial charge in [-0.2, -0.15) is 5.10 Å². The Bertz CT molecular complexity index is 606. The first kappa shape index (κ1) is 13.6. The third-order valence-corrected chi connectivity index (χ3v) is 2.96. The maximum Gasteiger partial charge on any atom is 0.273 e. The summed E-state index contributed by atoms with van der Waals surface area (Å²) in [7, 11) is 3.38. The standard InChI is InChI=1S/C13H15ClN4O/c1-17(2)13(19)11-5-6-18(16-11)12-4-3-10(14)7-9(12)8-15/h3-7H,8,15H2,1-2H3. The molecule has 2 aromatic rings. The van der Waals surface area contributed by atoms with Crippen molar-refractivity contribution in [1.82, 2.24) is 14.7 Å². The van der Waals surface area contributed by atoms with Gasteiger partial charge < -0.3 is 10.6 Å². The second-order valence-electron chi connectivity index (χ2n) is 4.32. The predicted octanol–water partition coefficient (Wildman–Crippen LogP) is 1.69. The number of hydrogen-bond acceptors (Lipinski definition) is 3. The van der Waals surface area contributed by atoms with E-state index in [0.29, 0.717) is 17.3 Å². The fraction of sp³-hybridized carbons (Fsp3) is 0.231. The number of halogens is 1. The van der Waals surface area contributed by atoms with Crippen molar-refractivity contribution in [2.75, 3.05) is 14.1 Å². The molecule has 1 aromatic carbocycles. The van der Waals surface area contributed by atoms with Crippen LogP contribution in [0.1, 0.15) is 16.1 Å². The van der Waals surface area contributed by atoms with Crippen molar-refractivity contribution in [3.05, 3.63) is 46.7 Å². The van der Waals surface area contributed by atoms with Crippen LogP contribution in [0.5, 0.6) is 0 Å². The predicted molar refractivity (Wildman–Crippen MR) is 74.5 cm³/mol. The molecule has 0 spiro atoms. The van der Waals surface area contributed by atoms with Crippen LogP contribution >= 0.6 is 11.6 Å². The van der Waals surface area contributed by atoms with Crippen molar-refractivity contribution in [3.8, 4) is 5.69 Å². The molecule has 0 aliphatic carbocycles. The van der Waals surface area contributed by atoms with Gasteiger partial charge in [0.05, 0.1) is 5.69 Å². The van der Waals surface area contributed by atoms with Gasteiger partial charge in [0.15, 0.2) is 5.69 Å². The van der Waals surface area contributed by atoms with E-state index in [1.165, 1.54) is 4.90 Å². The van der Waals surface area contributed by atoms with Crippen molar-refractivity contribution in [2.45, 2.75) is 6.54 Å². The van der Waals surface area contributed by atoms with E-state index in [4.69, 9.17) is 17.3 Å². The van der Waals surface area contributed by atoms with Gasteiger partial charge in [-0.15, -0.1) is 0 Å². The van der Waals surface area contributed by atoms with Crippen molar-refractivity contribution in [2.24, 2.45) is 5.73 Å². The highest BCUT2D eigenvalue weighted by Crippen LogP contribution is 2.19. The molecule has 6 heteroatoms. The minimum atomic E-state index is -0.137. The van der Waals surface area contributed by atoms with Crippen molar-refractivity contribution < 1.29 is 4.79 Å². The molecule has 1 amide bonds. The molecule has 100 valence electrons. The van der Waals surface area contributed by atoms with Gasteiger partial charge in [-0.1, -0.05) is 11.6 Å². The summed E-state index contributed by atoms with van der Waals surface area (Å²) in [5, 5.41) is 4.89. The summed E-state index contributed by atoms with van der Waals surface area (Å²) >= 11 is 5.93. The summed E-state index contributed by atoms with van der Waals surface area (Å²) in [5.74, 6) is -0.137. The minimum absolute atomic E-state index is 0.137. The number of rotatable bonds is 3. The van der Waals surface area contributed by atoms with E-state index >= 15 is 0 Å². The Morgan fingerprint density at radius 3 is 2.79 bits per heavy atom. The molecule has 2 rings (SSSR count). The lowest BCUT2D eigenvalue weighted by Crippen LogP contribution is -2.22. The molecule has 2 N–H and O–H groups in total. The molecule has 0 aliphatic rings. The minimum Gasteiger partial charge on any atom is -0.343 e. The van der Waals surface area contributed by atoms with Gasteiger partial charge in [0, 0.05) is 31.9 Å². The molecule has 0 unspecified atom stereocenters. The van der Waals surface area contributed by atoms with Gasteiger partial charge in [0.2, 0.25) is 0 Å². The SMILES string of the molecule is CN(C)C(=O)c1ccn(-c2ccc(Cl)cc2CN)n1. The van der Waals surface area contributed by atoms with Crippen LogP contribution in [0.15, 0.2) is 30.5 Å². The summed E-state index contributed by atoms with van der Waals surface area (Å²) < 4.78 is 1.63. The first-order chi connectivity index (χ1) is 9.02. The smallest absolute Gasteiger partial charge is 0.273 e. The Labute approximate surface area is 116 Å². The Morgan fingerprint density at radius 1 is 1.42 bits per heavy atom.